The van der Waals surface area contributed by atoms with Gasteiger partial charge in [-0.25, -0.2) is 4.98 Å². The van der Waals surface area contributed by atoms with Crippen LogP contribution in [0.25, 0.3) is 11.1 Å². The first-order valence-corrected chi connectivity index (χ1v) is 10.3. The van der Waals surface area contributed by atoms with E-state index in [4.69, 9.17) is 16.0 Å². The zero-order valence-corrected chi connectivity index (χ0v) is 17.5. The van der Waals surface area contributed by atoms with Crippen LogP contribution in [0, 0.1) is 0 Å². The lowest BCUT2D eigenvalue weighted by Gasteiger charge is -2.07. The number of carbonyl (C=O) groups is 1. The molecule has 0 saturated carbocycles. The number of rotatable bonds is 5. The molecule has 0 saturated heterocycles. The van der Waals surface area contributed by atoms with Gasteiger partial charge in [-0.3, -0.25) is 9.48 Å². The first-order chi connectivity index (χ1) is 14.7. The molecule has 4 aromatic rings. The van der Waals surface area contributed by atoms with E-state index in [0.717, 1.165) is 16.4 Å². The lowest BCUT2D eigenvalue weighted by Crippen LogP contribution is -2.17. The highest BCUT2D eigenvalue weighted by molar-refractivity contribution is 7.98. The second kappa shape index (κ2) is 8.27. The topological polar surface area (TPSA) is 73.0 Å². The molecule has 0 unspecified atom stereocenters. The maximum atomic E-state index is 13.1. The number of fused-ring (bicyclic) bond motifs is 1. The fraction of sp³-hybridized carbons (Fsp3) is 0.150. The first-order valence-electron chi connectivity index (χ1n) is 8.89. The number of carbonyl (C=O) groups excluding carboxylic acids is 1. The summed E-state index contributed by atoms with van der Waals surface area (Å²) in [7, 11) is 1.32. The summed E-state index contributed by atoms with van der Waals surface area (Å²) in [4.78, 5) is 16.8. The van der Waals surface area contributed by atoms with E-state index in [2.05, 4.69) is 15.4 Å². The third-order valence-corrected chi connectivity index (χ3v) is 5.39. The van der Waals surface area contributed by atoms with Gasteiger partial charge in [0.1, 0.15) is 5.52 Å². The van der Waals surface area contributed by atoms with Gasteiger partial charge < -0.3 is 9.73 Å². The summed E-state index contributed by atoms with van der Waals surface area (Å²) in [5, 5.41) is 6.88. The minimum atomic E-state index is -4.74. The average Bonchev–Trinajstić information content (AvgIpc) is 3.30. The van der Waals surface area contributed by atoms with Crippen molar-refractivity contribution < 1.29 is 22.4 Å². The Hall–Kier alpha value is -2.98. The van der Waals surface area contributed by atoms with Crippen molar-refractivity contribution in [2.45, 2.75) is 17.2 Å². The quantitative estimate of drug-likeness (QED) is 0.377. The number of hydrogen-bond acceptors (Lipinski definition) is 5. The minimum absolute atomic E-state index is 0.289. The molecule has 31 heavy (non-hydrogen) atoms. The molecule has 0 radical (unpaired) electrons. The highest BCUT2D eigenvalue weighted by Crippen LogP contribution is 2.32. The highest BCUT2D eigenvalue weighted by atomic mass is 35.5. The van der Waals surface area contributed by atoms with Crippen LogP contribution in [0.4, 0.5) is 18.9 Å². The number of amides is 1. The highest BCUT2D eigenvalue weighted by Gasteiger charge is 2.39. The van der Waals surface area contributed by atoms with E-state index in [1.807, 2.05) is 12.1 Å². The van der Waals surface area contributed by atoms with Gasteiger partial charge >= 0.3 is 6.18 Å². The molecule has 6 nitrogen and oxygen atoms in total. The first kappa shape index (κ1) is 21.3. The number of hydrogen-bond donors (Lipinski definition) is 1. The van der Waals surface area contributed by atoms with Crippen molar-refractivity contribution in [3.05, 3.63) is 70.5 Å². The average molecular weight is 467 g/mol. The van der Waals surface area contributed by atoms with Gasteiger partial charge in [0.15, 0.2) is 11.3 Å². The number of thioether (sulfide) groups is 1. The van der Waals surface area contributed by atoms with E-state index >= 15 is 0 Å². The molecule has 0 aliphatic carbocycles. The molecule has 2 aromatic carbocycles. The number of aryl methyl sites for hydroxylation is 1. The fourth-order valence-electron chi connectivity index (χ4n) is 2.83. The Balaban J connectivity index is 1.49. The van der Waals surface area contributed by atoms with Crippen LogP contribution in [-0.4, -0.2) is 20.7 Å². The van der Waals surface area contributed by atoms with Crippen molar-refractivity contribution >= 4 is 46.1 Å². The van der Waals surface area contributed by atoms with Crippen molar-refractivity contribution in [2.24, 2.45) is 7.05 Å². The predicted molar refractivity (Wildman–Crippen MR) is 111 cm³/mol. The summed E-state index contributed by atoms with van der Waals surface area (Å²) in [6.07, 6.45) is -3.71. The summed E-state index contributed by atoms with van der Waals surface area (Å²) in [5.74, 6) is -0.296. The Kier molecular flexibility index (Phi) is 5.67. The monoisotopic (exact) mass is 466 g/mol. The molecule has 160 valence electrons. The van der Waals surface area contributed by atoms with Crippen LogP contribution < -0.4 is 5.32 Å². The van der Waals surface area contributed by atoms with Gasteiger partial charge in [-0.15, -0.1) is 0 Å². The number of nitrogens with zero attached hydrogens (tertiary/aromatic N) is 3. The summed E-state index contributed by atoms with van der Waals surface area (Å²) in [6.45, 7) is 0. The molecule has 2 heterocycles. The smallest absolute Gasteiger partial charge is 0.431 e. The van der Waals surface area contributed by atoms with Crippen LogP contribution in [0.3, 0.4) is 0 Å². The van der Waals surface area contributed by atoms with E-state index in [0.29, 0.717) is 27.1 Å². The molecule has 11 heteroatoms. The van der Waals surface area contributed by atoms with Gasteiger partial charge in [-0.05, 0) is 35.9 Å². The number of anilines is 1. The molecule has 0 spiro atoms. The van der Waals surface area contributed by atoms with Crippen molar-refractivity contribution in [1.82, 2.24) is 14.8 Å². The normalized spacial score (nSPS) is 11.8. The summed E-state index contributed by atoms with van der Waals surface area (Å²) < 4.78 is 45.9. The summed E-state index contributed by atoms with van der Waals surface area (Å²) in [5.41, 5.74) is 0.497. The van der Waals surface area contributed by atoms with E-state index in [9.17, 15) is 18.0 Å². The number of halogens is 4. The molecule has 0 aliphatic rings. The van der Waals surface area contributed by atoms with Gasteiger partial charge in [0.2, 0.25) is 0 Å². The maximum absolute atomic E-state index is 13.1. The molecule has 0 fully saturated rings. The zero-order chi connectivity index (χ0) is 22.2. The number of benzene rings is 2. The number of aromatic nitrogens is 3. The lowest BCUT2D eigenvalue weighted by atomic mass is 10.2. The Bertz CT molecular complexity index is 1250. The molecular formula is C20H14ClF3N4O2S. The largest absolute Gasteiger partial charge is 0.435 e. The van der Waals surface area contributed by atoms with E-state index in [1.165, 1.54) is 30.9 Å². The standard InChI is InChI=1S/C20H14ClF3N4O2S/c1-28-9-14(17(27-28)20(22,23)24)18(29)25-13-6-7-16-15(8-13)26-19(30-16)31-10-11-2-4-12(21)5-3-11/h2-9H,10H2,1H3,(H,25,29). The summed E-state index contributed by atoms with van der Waals surface area (Å²) >= 11 is 7.26. The molecule has 1 amide bonds. The van der Waals surface area contributed by atoms with Gasteiger partial charge in [0.05, 0.1) is 5.56 Å². The zero-order valence-electron chi connectivity index (χ0n) is 15.9. The molecule has 0 aliphatic heterocycles. The van der Waals surface area contributed by atoms with E-state index in [-0.39, 0.29) is 5.69 Å². The Morgan fingerprint density at radius 1 is 1.23 bits per heavy atom. The SMILES string of the molecule is Cn1cc(C(=O)Nc2ccc3oc(SCc4ccc(Cl)cc4)nc3c2)c(C(F)(F)F)n1. The van der Waals surface area contributed by atoms with Crippen LogP contribution in [0.1, 0.15) is 21.6 Å². The second-order valence-electron chi connectivity index (χ2n) is 6.59. The van der Waals surface area contributed by atoms with Crippen LogP contribution in [0.15, 0.2) is 58.3 Å². The van der Waals surface area contributed by atoms with Crippen molar-refractivity contribution in [3.63, 3.8) is 0 Å². The van der Waals surface area contributed by atoms with Crippen molar-refractivity contribution in [2.75, 3.05) is 5.32 Å². The number of alkyl halides is 3. The van der Waals surface area contributed by atoms with Crippen LogP contribution in [0.5, 0.6) is 0 Å². The third kappa shape index (κ3) is 4.86. The molecule has 0 atom stereocenters. The van der Waals surface area contributed by atoms with E-state index < -0.39 is 23.3 Å². The molecule has 0 bridgehead atoms. The van der Waals surface area contributed by atoms with Gasteiger partial charge in [-0.2, -0.15) is 18.3 Å². The predicted octanol–water partition coefficient (Wildman–Crippen LogP) is 5.78. The Morgan fingerprint density at radius 3 is 2.68 bits per heavy atom. The van der Waals surface area contributed by atoms with Crippen molar-refractivity contribution in [1.29, 1.82) is 0 Å². The van der Waals surface area contributed by atoms with Crippen LogP contribution in [0.2, 0.25) is 5.02 Å². The second-order valence-corrected chi connectivity index (χ2v) is 7.96. The van der Waals surface area contributed by atoms with Gasteiger partial charge in [0.25, 0.3) is 11.1 Å². The molecule has 1 N–H and O–H groups in total. The third-order valence-electron chi connectivity index (χ3n) is 4.24. The Labute approximate surface area is 183 Å². The maximum Gasteiger partial charge on any atom is 0.435 e. The minimum Gasteiger partial charge on any atom is -0.431 e. The molecule has 4 rings (SSSR count). The summed E-state index contributed by atoms with van der Waals surface area (Å²) in [6, 6.07) is 12.1. The van der Waals surface area contributed by atoms with Gasteiger partial charge in [0, 0.05) is 29.7 Å². The molecule has 2 aromatic heterocycles. The number of nitrogens with one attached hydrogen (secondary N) is 1. The number of oxazole rings is 1. The van der Waals surface area contributed by atoms with Crippen LogP contribution >= 0.6 is 23.4 Å². The van der Waals surface area contributed by atoms with Crippen molar-refractivity contribution in [3.8, 4) is 0 Å². The van der Waals surface area contributed by atoms with Gasteiger partial charge in [-0.1, -0.05) is 35.5 Å². The lowest BCUT2D eigenvalue weighted by molar-refractivity contribution is -0.141. The van der Waals surface area contributed by atoms with Crippen LogP contribution in [-0.2, 0) is 19.0 Å². The Morgan fingerprint density at radius 2 is 1.97 bits per heavy atom. The molecular weight excluding hydrogens is 453 g/mol. The van der Waals surface area contributed by atoms with E-state index in [1.54, 1.807) is 18.2 Å². The fourth-order valence-corrected chi connectivity index (χ4v) is 3.75.